The SMILES string of the molecule is Cc1cc(NC(=O)NCC2CCc3ccccc3O2)ccc1N1CCCC1=O. The van der Waals surface area contributed by atoms with Crippen molar-refractivity contribution in [1.29, 1.82) is 0 Å². The van der Waals surface area contributed by atoms with Gasteiger partial charge in [0.1, 0.15) is 11.9 Å². The molecule has 2 aliphatic rings. The van der Waals surface area contributed by atoms with E-state index in [1.807, 2.05) is 48.2 Å². The van der Waals surface area contributed by atoms with Crippen LogP contribution in [0.5, 0.6) is 5.75 Å². The molecule has 0 bridgehead atoms. The van der Waals surface area contributed by atoms with Crippen LogP contribution in [0.3, 0.4) is 0 Å². The summed E-state index contributed by atoms with van der Waals surface area (Å²) in [6.07, 6.45) is 3.32. The minimum Gasteiger partial charge on any atom is -0.488 e. The highest BCUT2D eigenvalue weighted by molar-refractivity contribution is 5.96. The van der Waals surface area contributed by atoms with Gasteiger partial charge < -0.3 is 20.3 Å². The maximum atomic E-state index is 12.3. The first-order valence-electron chi connectivity index (χ1n) is 9.80. The van der Waals surface area contributed by atoms with E-state index in [9.17, 15) is 9.59 Å². The molecular weight excluding hydrogens is 354 g/mol. The molecule has 2 aromatic rings. The monoisotopic (exact) mass is 379 g/mol. The Morgan fingerprint density at radius 1 is 1.21 bits per heavy atom. The molecule has 2 aliphatic heterocycles. The molecule has 0 radical (unpaired) electrons. The first kappa shape index (κ1) is 18.3. The lowest BCUT2D eigenvalue weighted by Crippen LogP contribution is -2.39. The van der Waals surface area contributed by atoms with E-state index in [-0.39, 0.29) is 18.0 Å². The molecule has 3 amide bonds. The normalized spacial score (nSPS) is 18.4. The summed E-state index contributed by atoms with van der Waals surface area (Å²) in [6.45, 7) is 3.17. The Morgan fingerprint density at radius 2 is 2.07 bits per heavy atom. The molecule has 28 heavy (non-hydrogen) atoms. The summed E-state index contributed by atoms with van der Waals surface area (Å²) in [6, 6.07) is 13.4. The minimum atomic E-state index is -0.258. The second-order valence-corrected chi connectivity index (χ2v) is 7.37. The van der Waals surface area contributed by atoms with E-state index in [4.69, 9.17) is 4.74 Å². The highest BCUT2D eigenvalue weighted by Gasteiger charge is 2.23. The highest BCUT2D eigenvalue weighted by atomic mass is 16.5. The number of carbonyl (C=O) groups is 2. The first-order chi connectivity index (χ1) is 13.6. The minimum absolute atomic E-state index is 0.0223. The van der Waals surface area contributed by atoms with Crippen LogP contribution in [-0.4, -0.2) is 31.1 Å². The Kier molecular flexibility index (Phi) is 5.19. The van der Waals surface area contributed by atoms with Crippen LogP contribution in [0.4, 0.5) is 16.2 Å². The van der Waals surface area contributed by atoms with E-state index < -0.39 is 0 Å². The summed E-state index contributed by atoms with van der Waals surface area (Å²) < 4.78 is 5.95. The van der Waals surface area contributed by atoms with Crippen molar-refractivity contribution in [2.24, 2.45) is 0 Å². The summed E-state index contributed by atoms with van der Waals surface area (Å²) >= 11 is 0. The molecule has 1 atom stereocenters. The van der Waals surface area contributed by atoms with Crippen LogP contribution in [0, 0.1) is 6.92 Å². The summed E-state index contributed by atoms with van der Waals surface area (Å²) in [4.78, 5) is 26.0. The number of nitrogens with zero attached hydrogens (tertiary/aromatic N) is 1. The predicted molar refractivity (Wildman–Crippen MR) is 109 cm³/mol. The van der Waals surface area contributed by atoms with Crippen LogP contribution in [0.15, 0.2) is 42.5 Å². The zero-order valence-corrected chi connectivity index (χ0v) is 16.0. The van der Waals surface area contributed by atoms with Crippen LogP contribution in [0.25, 0.3) is 0 Å². The van der Waals surface area contributed by atoms with E-state index in [1.54, 1.807) is 0 Å². The van der Waals surface area contributed by atoms with Gasteiger partial charge in [-0.1, -0.05) is 18.2 Å². The van der Waals surface area contributed by atoms with Gasteiger partial charge in [0.2, 0.25) is 5.91 Å². The molecule has 0 saturated carbocycles. The standard InChI is InChI=1S/C22H25N3O3/c1-15-13-17(9-11-19(15)25-12-4-7-21(25)26)24-22(27)23-14-18-10-8-16-5-2-3-6-20(16)28-18/h2-3,5-6,9,11,13,18H,4,7-8,10,12,14H2,1H3,(H2,23,24,27). The number of hydrogen-bond donors (Lipinski definition) is 2. The van der Waals surface area contributed by atoms with Crippen molar-refractivity contribution in [3.05, 3.63) is 53.6 Å². The van der Waals surface area contributed by atoms with Gasteiger partial charge in [0.15, 0.2) is 0 Å². The number of amides is 3. The fourth-order valence-corrected chi connectivity index (χ4v) is 3.84. The number of benzene rings is 2. The van der Waals surface area contributed by atoms with Gasteiger partial charge in [0.05, 0.1) is 6.54 Å². The first-order valence-corrected chi connectivity index (χ1v) is 9.80. The average molecular weight is 379 g/mol. The zero-order chi connectivity index (χ0) is 19.5. The third-order valence-corrected chi connectivity index (χ3v) is 5.31. The van der Waals surface area contributed by atoms with Gasteiger partial charge in [0, 0.05) is 24.3 Å². The lowest BCUT2D eigenvalue weighted by molar-refractivity contribution is -0.117. The number of fused-ring (bicyclic) bond motifs is 1. The number of aryl methyl sites for hydroxylation is 2. The molecule has 2 N–H and O–H groups in total. The number of para-hydroxylation sites is 1. The maximum absolute atomic E-state index is 12.3. The van der Waals surface area contributed by atoms with Gasteiger partial charge in [0.25, 0.3) is 0 Å². The molecule has 0 spiro atoms. The Bertz CT molecular complexity index is 896. The van der Waals surface area contributed by atoms with Gasteiger partial charge in [-0.2, -0.15) is 0 Å². The molecule has 1 fully saturated rings. The number of ether oxygens (including phenoxy) is 1. The summed E-state index contributed by atoms with van der Waals surface area (Å²) in [5.74, 6) is 1.07. The third-order valence-electron chi connectivity index (χ3n) is 5.31. The largest absolute Gasteiger partial charge is 0.488 e. The third kappa shape index (κ3) is 3.96. The molecule has 6 heteroatoms. The number of nitrogens with one attached hydrogen (secondary N) is 2. The van der Waals surface area contributed by atoms with Gasteiger partial charge in [-0.15, -0.1) is 0 Å². The Hall–Kier alpha value is -3.02. The van der Waals surface area contributed by atoms with Crippen molar-refractivity contribution in [2.75, 3.05) is 23.3 Å². The quantitative estimate of drug-likeness (QED) is 0.852. The van der Waals surface area contributed by atoms with Crippen molar-refractivity contribution in [2.45, 2.75) is 38.7 Å². The fraction of sp³-hybridized carbons (Fsp3) is 0.364. The molecule has 2 heterocycles. The zero-order valence-electron chi connectivity index (χ0n) is 16.0. The van der Waals surface area contributed by atoms with E-state index in [0.717, 1.165) is 42.8 Å². The lowest BCUT2D eigenvalue weighted by Gasteiger charge is -2.26. The van der Waals surface area contributed by atoms with E-state index in [2.05, 4.69) is 16.7 Å². The molecule has 146 valence electrons. The van der Waals surface area contributed by atoms with Crippen LogP contribution in [0.1, 0.15) is 30.4 Å². The molecule has 2 aromatic carbocycles. The van der Waals surface area contributed by atoms with Gasteiger partial charge in [-0.3, -0.25) is 4.79 Å². The Morgan fingerprint density at radius 3 is 2.86 bits per heavy atom. The Labute approximate surface area is 164 Å². The molecule has 0 aromatic heterocycles. The average Bonchev–Trinajstić information content (AvgIpc) is 3.12. The molecule has 4 rings (SSSR count). The van der Waals surface area contributed by atoms with E-state index in [1.165, 1.54) is 5.56 Å². The molecule has 1 saturated heterocycles. The summed E-state index contributed by atoms with van der Waals surface area (Å²) in [5, 5.41) is 5.75. The van der Waals surface area contributed by atoms with Gasteiger partial charge in [-0.25, -0.2) is 4.79 Å². The van der Waals surface area contributed by atoms with Crippen molar-refractivity contribution >= 4 is 23.3 Å². The molecule has 0 aliphatic carbocycles. The predicted octanol–water partition coefficient (Wildman–Crippen LogP) is 3.64. The van der Waals surface area contributed by atoms with Crippen molar-refractivity contribution in [1.82, 2.24) is 5.32 Å². The number of urea groups is 1. The van der Waals surface area contributed by atoms with Crippen molar-refractivity contribution in [3.63, 3.8) is 0 Å². The summed E-state index contributed by atoms with van der Waals surface area (Å²) in [5.41, 5.74) is 3.82. The molecule has 6 nitrogen and oxygen atoms in total. The fourth-order valence-electron chi connectivity index (χ4n) is 3.84. The smallest absolute Gasteiger partial charge is 0.319 e. The van der Waals surface area contributed by atoms with Crippen LogP contribution < -0.4 is 20.3 Å². The van der Waals surface area contributed by atoms with Gasteiger partial charge >= 0.3 is 6.03 Å². The van der Waals surface area contributed by atoms with Crippen LogP contribution in [0.2, 0.25) is 0 Å². The molecule has 1 unspecified atom stereocenters. The van der Waals surface area contributed by atoms with E-state index in [0.29, 0.717) is 18.7 Å². The lowest BCUT2D eigenvalue weighted by atomic mass is 10.0. The van der Waals surface area contributed by atoms with Crippen LogP contribution in [-0.2, 0) is 11.2 Å². The second kappa shape index (κ2) is 7.92. The Balaban J connectivity index is 1.31. The number of carbonyl (C=O) groups excluding carboxylic acids is 2. The number of anilines is 2. The summed E-state index contributed by atoms with van der Waals surface area (Å²) in [7, 11) is 0. The topological polar surface area (TPSA) is 70.7 Å². The second-order valence-electron chi connectivity index (χ2n) is 7.37. The molecular formula is C22H25N3O3. The highest BCUT2D eigenvalue weighted by Crippen LogP contribution is 2.28. The van der Waals surface area contributed by atoms with E-state index >= 15 is 0 Å². The maximum Gasteiger partial charge on any atom is 0.319 e. The number of rotatable bonds is 4. The van der Waals surface area contributed by atoms with Gasteiger partial charge in [-0.05, 0) is 61.6 Å². The number of hydrogen-bond acceptors (Lipinski definition) is 3. The van der Waals surface area contributed by atoms with Crippen LogP contribution >= 0.6 is 0 Å². The van der Waals surface area contributed by atoms with Crippen molar-refractivity contribution in [3.8, 4) is 5.75 Å². The van der Waals surface area contributed by atoms with Crippen molar-refractivity contribution < 1.29 is 14.3 Å².